The maximum Gasteiger partial charge on any atom is 0.407 e. The van der Waals surface area contributed by atoms with Gasteiger partial charge in [-0.25, -0.2) is 23.2 Å². The van der Waals surface area contributed by atoms with E-state index in [2.05, 4.69) is 21.9 Å². The average molecular weight is 723 g/mol. The van der Waals surface area contributed by atoms with E-state index in [9.17, 15) is 22.8 Å². The predicted octanol–water partition coefficient (Wildman–Crippen LogP) is 3.91. The molecule has 4 fully saturated rings. The van der Waals surface area contributed by atoms with Crippen LogP contribution in [0.15, 0.2) is 36.9 Å². The number of fused-ring (bicyclic) bond motifs is 5. The van der Waals surface area contributed by atoms with Gasteiger partial charge in [-0.1, -0.05) is 31.1 Å². The third-order valence-corrected chi connectivity index (χ3v) is 13.3. The molecule has 14 heteroatoms. The summed E-state index contributed by atoms with van der Waals surface area (Å²) in [6, 6.07) is 6.60. The Kier molecular flexibility index (Phi) is 10.3. The van der Waals surface area contributed by atoms with Crippen molar-refractivity contribution >= 4 is 39.0 Å². The Morgan fingerprint density at radius 1 is 1.00 bits per heavy atom. The number of para-hydroxylation sites is 2. The summed E-state index contributed by atoms with van der Waals surface area (Å²) >= 11 is 0. The largest absolute Gasteiger partial charge is 0.472 e. The van der Waals surface area contributed by atoms with Crippen LogP contribution in [0.4, 0.5) is 4.79 Å². The molecular formula is C37H50N6O7S. The number of carbonyl (C=O) groups is 3. The highest BCUT2D eigenvalue weighted by Crippen LogP contribution is 2.41. The number of sulfonamides is 1. The van der Waals surface area contributed by atoms with E-state index in [1.54, 1.807) is 6.08 Å². The van der Waals surface area contributed by atoms with Gasteiger partial charge in [-0.3, -0.25) is 19.2 Å². The van der Waals surface area contributed by atoms with Gasteiger partial charge in [-0.2, -0.15) is 0 Å². The fourth-order valence-electron chi connectivity index (χ4n) is 8.39. The lowest BCUT2D eigenvalue weighted by molar-refractivity contribution is -0.140. The Labute approximate surface area is 299 Å². The molecular weight excluding hydrogens is 673 g/mol. The molecule has 1 aromatic carbocycles. The number of aromatic nitrogens is 2. The van der Waals surface area contributed by atoms with Crippen LogP contribution in [-0.2, 0) is 30.8 Å². The molecule has 2 bridgehead atoms. The molecule has 5 aliphatic rings. The number of aryl methyl sites for hydroxylation is 1. The summed E-state index contributed by atoms with van der Waals surface area (Å²) in [6.07, 6.45) is 10.4. The highest BCUT2D eigenvalue weighted by Gasteiger charge is 2.55. The molecule has 1 aromatic heterocycles. The summed E-state index contributed by atoms with van der Waals surface area (Å²) in [4.78, 5) is 52.8. The van der Waals surface area contributed by atoms with Gasteiger partial charge < -0.3 is 20.1 Å². The lowest BCUT2D eigenvalue weighted by atomic mass is 9.66. The van der Waals surface area contributed by atoms with Gasteiger partial charge >= 0.3 is 6.09 Å². The summed E-state index contributed by atoms with van der Waals surface area (Å²) in [6.45, 7) is 6.42. The van der Waals surface area contributed by atoms with Gasteiger partial charge in [0, 0.05) is 31.5 Å². The van der Waals surface area contributed by atoms with E-state index >= 15 is 0 Å². The molecule has 2 aromatic rings. The number of hydrogen-bond acceptors (Lipinski definition) is 10. The second-order valence-corrected chi connectivity index (χ2v) is 17.2. The van der Waals surface area contributed by atoms with Crippen LogP contribution in [-0.4, -0.2) is 89.4 Å². The number of rotatable bonds is 6. The minimum absolute atomic E-state index is 0.108. The highest BCUT2D eigenvalue weighted by molar-refractivity contribution is 7.91. The SMILES string of the molecule is C=CC1CCC1(NC(=O)C1CC2CN1CC(C)NC(=O)OC1CCCC1CCCCCc1nc3ccccc3nc1O2)C(=O)NS(=O)(=O)C1CC1. The van der Waals surface area contributed by atoms with Crippen molar-refractivity contribution in [3.05, 3.63) is 42.6 Å². The van der Waals surface area contributed by atoms with Gasteiger partial charge in [-0.05, 0) is 89.2 Å². The van der Waals surface area contributed by atoms with Gasteiger partial charge in [0.25, 0.3) is 5.91 Å². The molecule has 3 aliphatic carbocycles. The number of ether oxygens (including phenoxy) is 2. The van der Waals surface area contributed by atoms with Crippen LogP contribution in [0.5, 0.6) is 5.88 Å². The number of nitrogens with one attached hydrogen (secondary N) is 3. The van der Waals surface area contributed by atoms with E-state index in [-0.39, 0.29) is 25.0 Å². The molecule has 8 unspecified atom stereocenters. The van der Waals surface area contributed by atoms with E-state index < -0.39 is 56.8 Å². The first-order valence-corrected chi connectivity index (χ1v) is 20.2. The van der Waals surface area contributed by atoms with E-state index in [1.165, 1.54) is 0 Å². The Morgan fingerprint density at radius 2 is 1.76 bits per heavy atom. The molecule has 0 spiro atoms. The zero-order valence-corrected chi connectivity index (χ0v) is 30.2. The number of nitrogens with zero attached hydrogens (tertiary/aromatic N) is 3. The molecule has 51 heavy (non-hydrogen) atoms. The van der Waals surface area contributed by atoms with Crippen LogP contribution in [0, 0.1) is 11.8 Å². The molecule has 3 N–H and O–H groups in total. The van der Waals surface area contributed by atoms with Crippen LogP contribution < -0.4 is 20.1 Å². The molecule has 8 atom stereocenters. The summed E-state index contributed by atoms with van der Waals surface area (Å²) in [7, 11) is -3.83. The van der Waals surface area contributed by atoms with Gasteiger partial charge in [-0.15, -0.1) is 6.58 Å². The van der Waals surface area contributed by atoms with Crippen LogP contribution in [0.2, 0.25) is 0 Å². The highest BCUT2D eigenvalue weighted by atomic mass is 32.2. The minimum atomic E-state index is -3.83. The molecule has 7 rings (SSSR count). The first kappa shape index (κ1) is 35.6. The number of alkyl carbamates (subject to hydrolysis) is 1. The van der Waals surface area contributed by atoms with Crippen molar-refractivity contribution in [3.63, 3.8) is 0 Å². The van der Waals surface area contributed by atoms with Gasteiger partial charge in [0.15, 0.2) is 0 Å². The summed E-state index contributed by atoms with van der Waals surface area (Å²) in [5.74, 6) is -0.770. The van der Waals surface area contributed by atoms with Crippen molar-refractivity contribution in [1.29, 1.82) is 0 Å². The van der Waals surface area contributed by atoms with E-state index in [0.717, 1.165) is 61.7 Å². The van der Waals surface area contributed by atoms with Crippen LogP contribution in [0.3, 0.4) is 0 Å². The van der Waals surface area contributed by atoms with Crippen molar-refractivity contribution in [1.82, 2.24) is 30.2 Å². The predicted molar refractivity (Wildman–Crippen MR) is 190 cm³/mol. The summed E-state index contributed by atoms with van der Waals surface area (Å²) in [5, 5.41) is 5.38. The van der Waals surface area contributed by atoms with Crippen LogP contribution >= 0.6 is 0 Å². The molecule has 3 saturated carbocycles. The topological polar surface area (TPSA) is 169 Å². The van der Waals surface area contributed by atoms with Gasteiger partial charge in [0.1, 0.15) is 23.4 Å². The number of carbonyl (C=O) groups excluding carboxylic acids is 3. The van der Waals surface area contributed by atoms with E-state index in [1.807, 2.05) is 36.1 Å². The Bertz CT molecular complexity index is 1770. The first-order valence-electron chi connectivity index (χ1n) is 18.7. The zero-order chi connectivity index (χ0) is 35.8. The lowest BCUT2D eigenvalue weighted by Crippen LogP contribution is -2.69. The second kappa shape index (κ2) is 14.7. The Morgan fingerprint density at radius 3 is 2.49 bits per heavy atom. The Hall–Kier alpha value is -3.78. The number of benzene rings is 1. The zero-order valence-electron chi connectivity index (χ0n) is 29.3. The minimum Gasteiger partial charge on any atom is -0.472 e. The standard InChI is InChI=1S/C37H50N6O7S/c1-3-25-18-19-37(25,35(45)42-51(47,48)27-16-17-27)41-33(44)31-20-26-22-43(31)21-23(2)38-36(46)50-32-15-9-11-24(32)10-5-4-6-14-30-34(49-26)40-29-13-8-7-12-28(29)39-30/h3,7-8,12-13,23-27,31-32H,1,4-6,9-11,14-22H2,2H3,(H,38,46)(H,41,44)(H,42,45). The molecule has 1 saturated heterocycles. The van der Waals surface area contributed by atoms with Crippen LogP contribution in [0.1, 0.15) is 89.7 Å². The third kappa shape index (κ3) is 7.72. The molecule has 3 heterocycles. The quantitative estimate of drug-likeness (QED) is 0.372. The van der Waals surface area contributed by atoms with Crippen molar-refractivity contribution in [2.75, 3.05) is 13.1 Å². The van der Waals surface area contributed by atoms with Crippen molar-refractivity contribution in [2.24, 2.45) is 11.8 Å². The van der Waals surface area contributed by atoms with E-state index in [0.29, 0.717) is 50.6 Å². The maximum atomic E-state index is 14.3. The van der Waals surface area contributed by atoms with Crippen molar-refractivity contribution in [2.45, 2.75) is 125 Å². The molecule has 3 amide bonds. The van der Waals surface area contributed by atoms with Gasteiger partial charge in [0.2, 0.25) is 21.8 Å². The lowest BCUT2D eigenvalue weighted by Gasteiger charge is -2.47. The van der Waals surface area contributed by atoms with Crippen molar-refractivity contribution < 1.29 is 32.3 Å². The normalized spacial score (nSPS) is 33.1. The molecule has 0 radical (unpaired) electrons. The summed E-state index contributed by atoms with van der Waals surface area (Å²) < 4.78 is 40.3. The first-order chi connectivity index (χ1) is 24.5. The smallest absolute Gasteiger partial charge is 0.407 e. The third-order valence-electron chi connectivity index (χ3n) is 11.5. The fraction of sp³-hybridized carbons (Fsp3) is 0.649. The maximum absolute atomic E-state index is 14.3. The molecule has 276 valence electrons. The number of hydrogen-bond donors (Lipinski definition) is 3. The summed E-state index contributed by atoms with van der Waals surface area (Å²) in [5.41, 5.74) is 0.876. The fourth-order valence-corrected chi connectivity index (χ4v) is 9.75. The average Bonchev–Trinajstić information content (AvgIpc) is 3.76. The second-order valence-electron chi connectivity index (χ2n) is 15.2. The van der Waals surface area contributed by atoms with Crippen LogP contribution in [0.25, 0.3) is 11.0 Å². The monoisotopic (exact) mass is 722 g/mol. The Balaban J connectivity index is 1.15. The molecule has 13 nitrogen and oxygen atoms in total. The number of amides is 3. The van der Waals surface area contributed by atoms with Gasteiger partial charge in [0.05, 0.1) is 22.3 Å². The van der Waals surface area contributed by atoms with E-state index in [4.69, 9.17) is 19.4 Å². The van der Waals surface area contributed by atoms with Crippen molar-refractivity contribution in [3.8, 4) is 5.88 Å². The molecule has 2 aliphatic heterocycles.